The number of hydrogen-bond acceptors (Lipinski definition) is 9. The van der Waals surface area contributed by atoms with Crippen LogP contribution in [0.4, 0.5) is 4.39 Å². The Balaban J connectivity index is 2.07. The Morgan fingerprint density at radius 1 is 1.15 bits per heavy atom. The van der Waals surface area contributed by atoms with Crippen molar-refractivity contribution >= 4 is 11.9 Å². The fourth-order valence-corrected chi connectivity index (χ4v) is 4.69. The number of phenolic OH excluding ortho intramolecular Hbond substituents is 1. The molecule has 1 saturated heterocycles. The maximum absolute atomic E-state index is 14.3. The maximum Gasteiger partial charge on any atom is 0.392 e. The highest BCUT2D eigenvalue weighted by Crippen LogP contribution is 2.61. The molecule has 4 rings (SSSR count). The largest absolute Gasteiger partial charge is 0.508 e. The summed E-state index contributed by atoms with van der Waals surface area (Å²) in [6.45, 7) is 2.73. The van der Waals surface area contributed by atoms with E-state index in [-0.39, 0.29) is 35.8 Å². The van der Waals surface area contributed by atoms with Crippen molar-refractivity contribution < 1.29 is 38.2 Å². The normalized spacial score (nSPS) is 24.3. The van der Waals surface area contributed by atoms with Gasteiger partial charge in [0, 0.05) is 11.1 Å². The number of esters is 2. The lowest BCUT2D eigenvalue weighted by molar-refractivity contribution is -0.619. The molecule has 1 fully saturated rings. The minimum Gasteiger partial charge on any atom is -0.508 e. The van der Waals surface area contributed by atoms with E-state index in [0.717, 1.165) is 12.1 Å². The summed E-state index contributed by atoms with van der Waals surface area (Å²) in [6.07, 6.45) is 0. The number of nitrogens with zero attached hydrogens (tertiary/aromatic N) is 1. The first-order valence-electron chi connectivity index (χ1n) is 10.3. The molecule has 0 radical (unpaired) electrons. The van der Waals surface area contributed by atoms with Gasteiger partial charge in [-0.1, -0.05) is 18.2 Å². The molecule has 33 heavy (non-hydrogen) atoms. The zero-order chi connectivity index (χ0) is 24.0. The zero-order valence-electron chi connectivity index (χ0n) is 17.7. The number of rotatable bonds is 6. The summed E-state index contributed by atoms with van der Waals surface area (Å²) < 4.78 is 30.4. The molecule has 2 aliphatic rings. The van der Waals surface area contributed by atoms with Gasteiger partial charge in [0.15, 0.2) is 0 Å². The van der Waals surface area contributed by atoms with Crippen LogP contribution in [0.15, 0.2) is 42.5 Å². The molecule has 0 saturated carbocycles. The molecular formula is C22H21FN2O8. The molecule has 2 aromatic carbocycles. The third-order valence-corrected chi connectivity index (χ3v) is 5.92. The van der Waals surface area contributed by atoms with E-state index >= 15 is 0 Å². The lowest BCUT2D eigenvalue weighted by Gasteiger charge is -2.29. The van der Waals surface area contributed by atoms with Crippen molar-refractivity contribution in [3.8, 4) is 11.5 Å². The first-order valence-corrected chi connectivity index (χ1v) is 10.3. The van der Waals surface area contributed by atoms with E-state index in [1.165, 1.54) is 44.2 Å². The minimum atomic E-state index is -2.51. The first-order chi connectivity index (χ1) is 15.7. The van der Waals surface area contributed by atoms with Crippen LogP contribution in [0.2, 0.25) is 0 Å². The molecule has 2 N–H and O–H groups in total. The number of hydrogen-bond donors (Lipinski definition) is 2. The lowest BCUT2D eigenvalue weighted by atomic mass is 9.76. The van der Waals surface area contributed by atoms with Gasteiger partial charge in [-0.05, 0) is 38.1 Å². The van der Waals surface area contributed by atoms with E-state index in [1.807, 2.05) is 0 Å². The van der Waals surface area contributed by atoms with Crippen LogP contribution < -0.4 is 10.1 Å². The van der Waals surface area contributed by atoms with Gasteiger partial charge >= 0.3 is 17.7 Å². The molecule has 0 amide bonds. The van der Waals surface area contributed by atoms with Gasteiger partial charge in [-0.2, -0.15) is 0 Å². The van der Waals surface area contributed by atoms with Crippen LogP contribution in [0.25, 0.3) is 0 Å². The Morgan fingerprint density at radius 2 is 1.79 bits per heavy atom. The second kappa shape index (κ2) is 8.00. The van der Waals surface area contributed by atoms with Crippen molar-refractivity contribution in [2.45, 2.75) is 37.1 Å². The highest BCUT2D eigenvalue weighted by molar-refractivity contribution is 6.07. The molecule has 2 heterocycles. The summed E-state index contributed by atoms with van der Waals surface area (Å²) in [4.78, 5) is 38.5. The summed E-state index contributed by atoms with van der Waals surface area (Å²) >= 11 is 0. The molecule has 0 aliphatic carbocycles. The van der Waals surface area contributed by atoms with Crippen LogP contribution in [0.5, 0.6) is 11.5 Å². The predicted molar refractivity (Wildman–Crippen MR) is 109 cm³/mol. The van der Waals surface area contributed by atoms with Gasteiger partial charge in [0.1, 0.15) is 29.3 Å². The molecule has 0 bridgehead atoms. The van der Waals surface area contributed by atoms with Crippen LogP contribution in [-0.2, 0) is 19.1 Å². The number of para-hydroxylation sites is 1. The van der Waals surface area contributed by atoms with Crippen molar-refractivity contribution in [2.75, 3.05) is 13.2 Å². The third-order valence-electron chi connectivity index (χ3n) is 5.92. The topological polar surface area (TPSA) is 137 Å². The number of carbonyl (C=O) groups is 2. The molecule has 174 valence electrons. The fourth-order valence-electron chi connectivity index (χ4n) is 4.69. The van der Waals surface area contributed by atoms with Crippen LogP contribution in [0.1, 0.15) is 36.9 Å². The Morgan fingerprint density at radius 3 is 2.36 bits per heavy atom. The zero-order valence-corrected chi connectivity index (χ0v) is 17.7. The van der Waals surface area contributed by atoms with Crippen molar-refractivity contribution in [1.29, 1.82) is 0 Å². The molecule has 0 spiro atoms. The number of carbonyl (C=O) groups excluding carboxylic acids is 2. The number of aromatic hydroxyl groups is 1. The molecule has 10 nitrogen and oxygen atoms in total. The number of nitro groups is 1. The average molecular weight is 460 g/mol. The predicted octanol–water partition coefficient (Wildman–Crippen LogP) is 2.19. The van der Waals surface area contributed by atoms with Gasteiger partial charge < -0.3 is 19.3 Å². The van der Waals surface area contributed by atoms with Crippen LogP contribution >= 0.6 is 0 Å². The standard InChI is InChI=1S/C22H21FN2O8/c1-3-31-19(27)21(20(28)32-4-2)17-14-11-12(23)9-10-16(14)33-22(17,25(29)30)18(24-21)13-7-5-6-8-15(13)26/h5-11,17-18,24,26H,3-4H2,1-2H3/t17-,18-,22-/m0/s1. The van der Waals surface area contributed by atoms with Crippen LogP contribution in [0, 0.1) is 15.9 Å². The molecular weight excluding hydrogens is 439 g/mol. The smallest absolute Gasteiger partial charge is 0.392 e. The molecule has 0 aromatic heterocycles. The van der Waals surface area contributed by atoms with Gasteiger partial charge in [0.2, 0.25) is 5.54 Å². The molecule has 2 aromatic rings. The highest BCUT2D eigenvalue weighted by atomic mass is 19.1. The Labute approximate surface area is 187 Å². The monoisotopic (exact) mass is 460 g/mol. The first kappa shape index (κ1) is 22.5. The number of ether oxygens (including phenoxy) is 3. The minimum absolute atomic E-state index is 0.00273. The van der Waals surface area contributed by atoms with Crippen molar-refractivity contribution in [3.63, 3.8) is 0 Å². The number of benzene rings is 2. The van der Waals surface area contributed by atoms with Crippen molar-refractivity contribution in [3.05, 3.63) is 69.5 Å². The second-order valence-electron chi connectivity index (χ2n) is 7.61. The van der Waals surface area contributed by atoms with E-state index in [1.54, 1.807) is 0 Å². The number of halogens is 1. The summed E-state index contributed by atoms with van der Waals surface area (Å²) in [5.41, 5.74) is -5.03. The van der Waals surface area contributed by atoms with E-state index in [2.05, 4.69) is 5.32 Å². The van der Waals surface area contributed by atoms with Crippen molar-refractivity contribution in [2.24, 2.45) is 0 Å². The van der Waals surface area contributed by atoms with Gasteiger partial charge in [0.25, 0.3) is 0 Å². The summed E-state index contributed by atoms with van der Waals surface area (Å²) in [5, 5.41) is 25.9. The SMILES string of the molecule is CCOC(=O)C1(C(=O)OCC)N[C@@H](c2ccccc2O)[C@@]2([N+](=O)[O-])Oc3ccc(F)cc3[C@@H]12. The lowest BCUT2D eigenvalue weighted by Crippen LogP contribution is -2.60. The number of nitrogens with one attached hydrogen (secondary N) is 1. The van der Waals surface area contributed by atoms with Crippen LogP contribution in [0.3, 0.4) is 0 Å². The van der Waals surface area contributed by atoms with Crippen LogP contribution in [-0.4, -0.2) is 46.4 Å². The second-order valence-corrected chi connectivity index (χ2v) is 7.61. The maximum atomic E-state index is 14.3. The van der Waals surface area contributed by atoms with E-state index in [4.69, 9.17) is 14.2 Å². The summed E-state index contributed by atoms with van der Waals surface area (Å²) in [7, 11) is 0. The number of fused-ring (bicyclic) bond motifs is 3. The van der Waals surface area contributed by atoms with E-state index < -0.39 is 45.9 Å². The third kappa shape index (κ3) is 3.03. The molecule has 2 aliphatic heterocycles. The fraction of sp³-hybridized carbons (Fsp3) is 0.364. The van der Waals surface area contributed by atoms with Gasteiger partial charge in [-0.3, -0.25) is 15.4 Å². The molecule has 0 unspecified atom stereocenters. The average Bonchev–Trinajstić information content (AvgIpc) is 3.27. The Kier molecular flexibility index (Phi) is 5.44. The quantitative estimate of drug-likeness (QED) is 0.288. The summed E-state index contributed by atoms with van der Waals surface area (Å²) in [6, 6.07) is 7.44. The van der Waals surface area contributed by atoms with Gasteiger partial charge in [-0.25, -0.2) is 14.0 Å². The van der Waals surface area contributed by atoms with Crippen molar-refractivity contribution in [1.82, 2.24) is 5.32 Å². The van der Waals surface area contributed by atoms with Gasteiger partial charge in [-0.15, -0.1) is 0 Å². The number of phenols is 1. The van der Waals surface area contributed by atoms with E-state index in [0.29, 0.717) is 0 Å². The highest BCUT2D eigenvalue weighted by Gasteiger charge is 2.82. The molecule has 11 heteroatoms. The molecule has 3 atom stereocenters. The van der Waals surface area contributed by atoms with Gasteiger partial charge in [0.05, 0.1) is 18.1 Å². The Bertz CT molecular complexity index is 1120. The Hall–Kier alpha value is -3.73. The summed E-state index contributed by atoms with van der Waals surface area (Å²) in [5.74, 6) is -5.10. The van der Waals surface area contributed by atoms with E-state index in [9.17, 15) is 29.2 Å².